The molecule has 1 saturated heterocycles. The number of hydrogen-bond acceptors (Lipinski definition) is 7. The molecular weight excluding hydrogens is 460 g/mol. The molecule has 2 N–H and O–H groups in total. The fourth-order valence-electron chi connectivity index (χ4n) is 7.59. The molecule has 1 aliphatic heterocycles. The quantitative estimate of drug-likeness (QED) is 0.454. The number of esters is 1. The van der Waals surface area contributed by atoms with E-state index >= 15 is 0 Å². The molecule has 3 aliphatic rings. The summed E-state index contributed by atoms with van der Waals surface area (Å²) in [7, 11) is 0. The van der Waals surface area contributed by atoms with E-state index in [-0.39, 0.29) is 58.6 Å². The van der Waals surface area contributed by atoms with Gasteiger partial charge in [0.05, 0.1) is 23.4 Å². The SMILES string of the molecule is C=C1C(O)CC2C3(C)CCC(OC(C)=O)C(C)(C)OC3CCC2(C)C1Cc1c(O)c(C)c(C)oc1=O. The van der Waals surface area contributed by atoms with Gasteiger partial charge in [0.1, 0.15) is 17.6 Å². The summed E-state index contributed by atoms with van der Waals surface area (Å²) in [6.45, 7) is 17.6. The summed E-state index contributed by atoms with van der Waals surface area (Å²) in [6, 6.07) is 0. The summed E-state index contributed by atoms with van der Waals surface area (Å²) in [5.74, 6) is -0.0582. The Hall–Kier alpha value is -2.12. The second kappa shape index (κ2) is 9.02. The number of carbonyl (C=O) groups is 1. The molecule has 0 radical (unpaired) electrons. The number of aromatic hydroxyl groups is 1. The first-order chi connectivity index (χ1) is 16.6. The predicted octanol–water partition coefficient (Wildman–Crippen LogP) is 4.75. The molecule has 200 valence electrons. The largest absolute Gasteiger partial charge is 0.507 e. The van der Waals surface area contributed by atoms with Gasteiger partial charge in [0, 0.05) is 12.5 Å². The Morgan fingerprint density at radius 2 is 1.78 bits per heavy atom. The Bertz CT molecular complexity index is 1120. The van der Waals surface area contributed by atoms with Crippen molar-refractivity contribution in [1.82, 2.24) is 0 Å². The third-order valence-corrected chi connectivity index (χ3v) is 9.95. The van der Waals surface area contributed by atoms with Gasteiger partial charge in [-0.1, -0.05) is 20.4 Å². The summed E-state index contributed by atoms with van der Waals surface area (Å²) in [5.41, 5.74) is -0.183. The minimum atomic E-state index is -0.718. The van der Waals surface area contributed by atoms with E-state index in [2.05, 4.69) is 20.4 Å². The van der Waals surface area contributed by atoms with Crippen molar-refractivity contribution in [3.8, 4) is 5.75 Å². The molecule has 2 heterocycles. The van der Waals surface area contributed by atoms with Gasteiger partial charge in [0.2, 0.25) is 0 Å². The van der Waals surface area contributed by atoms with E-state index in [0.717, 1.165) is 19.3 Å². The zero-order chi connectivity index (χ0) is 26.8. The van der Waals surface area contributed by atoms with Crippen LogP contribution in [0.4, 0.5) is 0 Å². The number of aliphatic hydroxyl groups is 1. The van der Waals surface area contributed by atoms with Crippen molar-refractivity contribution in [2.45, 2.75) is 111 Å². The third kappa shape index (κ3) is 4.22. The average molecular weight is 503 g/mol. The maximum Gasteiger partial charge on any atom is 0.342 e. The topological polar surface area (TPSA) is 106 Å². The lowest BCUT2D eigenvalue weighted by Gasteiger charge is -2.62. The van der Waals surface area contributed by atoms with Crippen LogP contribution in [-0.2, 0) is 20.7 Å². The number of hydrogen-bond donors (Lipinski definition) is 2. The van der Waals surface area contributed by atoms with Crippen LogP contribution in [0.1, 0.15) is 83.6 Å². The van der Waals surface area contributed by atoms with Crippen LogP contribution >= 0.6 is 0 Å². The monoisotopic (exact) mass is 502 g/mol. The maximum absolute atomic E-state index is 12.8. The fraction of sp³-hybridized carbons (Fsp3) is 0.724. The van der Waals surface area contributed by atoms with Crippen molar-refractivity contribution in [3.63, 3.8) is 0 Å². The number of aliphatic hydroxyl groups excluding tert-OH is 1. The Labute approximate surface area is 213 Å². The summed E-state index contributed by atoms with van der Waals surface area (Å²) in [5, 5.41) is 22.0. The van der Waals surface area contributed by atoms with Crippen molar-refractivity contribution in [3.05, 3.63) is 39.5 Å². The van der Waals surface area contributed by atoms with Gasteiger partial charge in [-0.05, 0) is 94.5 Å². The molecule has 7 unspecified atom stereocenters. The van der Waals surface area contributed by atoms with Crippen LogP contribution in [0.3, 0.4) is 0 Å². The van der Waals surface area contributed by atoms with Crippen LogP contribution in [0.15, 0.2) is 21.4 Å². The van der Waals surface area contributed by atoms with E-state index in [1.807, 2.05) is 13.8 Å². The van der Waals surface area contributed by atoms with Gasteiger partial charge in [0.25, 0.3) is 0 Å². The van der Waals surface area contributed by atoms with Gasteiger partial charge in [-0.2, -0.15) is 0 Å². The number of aryl methyl sites for hydroxylation is 1. The Morgan fingerprint density at radius 1 is 1.14 bits per heavy atom. The molecule has 36 heavy (non-hydrogen) atoms. The van der Waals surface area contributed by atoms with Crippen LogP contribution in [0.25, 0.3) is 0 Å². The van der Waals surface area contributed by atoms with Crippen molar-refractivity contribution in [2.75, 3.05) is 0 Å². The maximum atomic E-state index is 12.8. The smallest absolute Gasteiger partial charge is 0.342 e. The molecule has 0 aromatic carbocycles. The van der Waals surface area contributed by atoms with E-state index in [4.69, 9.17) is 13.9 Å². The van der Waals surface area contributed by atoms with Crippen molar-refractivity contribution >= 4 is 5.97 Å². The second-order valence-electron chi connectivity index (χ2n) is 12.4. The first kappa shape index (κ1) is 26.9. The number of rotatable bonds is 3. The molecule has 0 bridgehead atoms. The van der Waals surface area contributed by atoms with Crippen molar-refractivity contribution < 1.29 is 28.9 Å². The Kier molecular flexibility index (Phi) is 6.74. The zero-order valence-electron chi connectivity index (χ0n) is 22.8. The number of carbonyl (C=O) groups excluding carboxylic acids is 1. The molecular formula is C29H42O7. The van der Waals surface area contributed by atoms with Gasteiger partial charge >= 0.3 is 11.6 Å². The molecule has 0 amide bonds. The minimum absolute atomic E-state index is 0.0274. The molecule has 2 aliphatic carbocycles. The molecule has 1 aromatic heterocycles. The lowest BCUT2D eigenvalue weighted by Crippen LogP contribution is -2.59. The zero-order valence-corrected chi connectivity index (χ0v) is 22.8. The molecule has 4 rings (SSSR count). The van der Waals surface area contributed by atoms with Gasteiger partial charge in [0.15, 0.2) is 0 Å². The standard InChI is InChI=1S/C29H42O7/c1-15-17(3)34-26(33)19(25(15)32)13-20-16(2)21(31)14-22-28(20,7)11-10-24-29(22,8)12-9-23(35-18(4)30)27(5,6)36-24/h20-24,31-32H,2,9-14H2,1,3-8H3. The first-order valence-corrected chi connectivity index (χ1v) is 13.2. The molecule has 2 saturated carbocycles. The van der Waals surface area contributed by atoms with Crippen molar-refractivity contribution in [1.29, 1.82) is 0 Å². The van der Waals surface area contributed by atoms with E-state index in [1.165, 1.54) is 6.92 Å². The molecule has 3 fully saturated rings. The molecule has 0 spiro atoms. The highest BCUT2D eigenvalue weighted by Gasteiger charge is 2.62. The lowest BCUT2D eigenvalue weighted by molar-refractivity contribution is -0.209. The summed E-state index contributed by atoms with van der Waals surface area (Å²) >= 11 is 0. The normalized spacial score (nSPS) is 38.0. The fourth-order valence-corrected chi connectivity index (χ4v) is 7.59. The Balaban J connectivity index is 1.73. The van der Waals surface area contributed by atoms with E-state index in [1.54, 1.807) is 13.8 Å². The average Bonchev–Trinajstić information content (AvgIpc) is 2.87. The van der Waals surface area contributed by atoms with Gasteiger partial charge in [-0.15, -0.1) is 0 Å². The van der Waals surface area contributed by atoms with Crippen LogP contribution in [0.2, 0.25) is 0 Å². The highest BCUT2D eigenvalue weighted by atomic mass is 16.6. The lowest BCUT2D eigenvalue weighted by atomic mass is 9.44. The number of ether oxygens (including phenoxy) is 2. The van der Waals surface area contributed by atoms with Crippen LogP contribution in [-0.4, -0.2) is 40.1 Å². The van der Waals surface area contributed by atoms with Gasteiger partial charge in [-0.3, -0.25) is 4.79 Å². The van der Waals surface area contributed by atoms with E-state index in [0.29, 0.717) is 29.7 Å². The van der Waals surface area contributed by atoms with Crippen LogP contribution in [0, 0.1) is 36.5 Å². The number of fused-ring (bicyclic) bond motifs is 3. The molecule has 7 atom stereocenters. The van der Waals surface area contributed by atoms with Gasteiger partial charge in [-0.25, -0.2) is 4.79 Å². The van der Waals surface area contributed by atoms with E-state index < -0.39 is 17.3 Å². The Morgan fingerprint density at radius 3 is 2.42 bits per heavy atom. The summed E-state index contributed by atoms with van der Waals surface area (Å²) < 4.78 is 17.8. The van der Waals surface area contributed by atoms with Crippen molar-refractivity contribution in [2.24, 2.45) is 22.7 Å². The highest BCUT2D eigenvalue weighted by Crippen LogP contribution is 2.64. The van der Waals surface area contributed by atoms with E-state index in [9.17, 15) is 19.8 Å². The molecule has 7 nitrogen and oxygen atoms in total. The van der Waals surface area contributed by atoms with Crippen LogP contribution < -0.4 is 5.63 Å². The summed E-state index contributed by atoms with van der Waals surface area (Å²) in [6.07, 6.45) is 2.83. The molecule has 1 aromatic rings. The molecule has 7 heteroatoms. The highest BCUT2D eigenvalue weighted by molar-refractivity contribution is 5.66. The van der Waals surface area contributed by atoms with Gasteiger partial charge < -0.3 is 24.1 Å². The first-order valence-electron chi connectivity index (χ1n) is 13.2. The second-order valence-corrected chi connectivity index (χ2v) is 12.4. The summed E-state index contributed by atoms with van der Waals surface area (Å²) in [4.78, 5) is 24.6. The minimum Gasteiger partial charge on any atom is -0.507 e. The van der Waals surface area contributed by atoms with Crippen LogP contribution in [0.5, 0.6) is 5.75 Å². The third-order valence-electron chi connectivity index (χ3n) is 9.95. The predicted molar refractivity (Wildman–Crippen MR) is 136 cm³/mol.